The molecule has 0 spiro atoms. The minimum Gasteiger partial charge on any atom is -0.336 e. The molecule has 33 heavy (non-hydrogen) atoms. The van der Waals surface area contributed by atoms with Crippen molar-refractivity contribution in [3.8, 4) is 11.1 Å². The summed E-state index contributed by atoms with van der Waals surface area (Å²) in [6, 6.07) is 10.4. The highest BCUT2D eigenvalue weighted by molar-refractivity contribution is 5.95. The van der Waals surface area contributed by atoms with Crippen molar-refractivity contribution in [2.75, 3.05) is 26.2 Å². The standard InChI is InChI=1S/C25H28F2N4O2/c26-19-13-18(14-20(27)15-19)16-4-3-5-17(12-16)24(33)30-8-10-31(11-9-30)25-28-22-7-2-1-6-21(22)23(32)29-25/h3-5,12-15,21-22,25,28H,1-2,6-11H2,(H,29,32). The van der Waals surface area contributed by atoms with Gasteiger partial charge in [0, 0.05) is 43.9 Å². The van der Waals surface area contributed by atoms with Crippen molar-refractivity contribution in [3.05, 3.63) is 59.7 Å². The zero-order chi connectivity index (χ0) is 22.9. The molecule has 8 heteroatoms. The van der Waals surface area contributed by atoms with Gasteiger partial charge in [-0.3, -0.25) is 19.8 Å². The van der Waals surface area contributed by atoms with E-state index in [9.17, 15) is 18.4 Å². The van der Waals surface area contributed by atoms with Gasteiger partial charge in [0.15, 0.2) is 0 Å². The molecule has 3 fully saturated rings. The smallest absolute Gasteiger partial charge is 0.253 e. The van der Waals surface area contributed by atoms with E-state index < -0.39 is 11.6 Å². The summed E-state index contributed by atoms with van der Waals surface area (Å²) >= 11 is 0. The number of hydrogen-bond donors (Lipinski definition) is 2. The summed E-state index contributed by atoms with van der Waals surface area (Å²) in [5.74, 6) is -1.22. The number of halogens is 2. The number of piperazine rings is 1. The van der Waals surface area contributed by atoms with Gasteiger partial charge < -0.3 is 10.2 Å². The fourth-order valence-electron chi connectivity index (χ4n) is 5.25. The molecule has 3 unspecified atom stereocenters. The van der Waals surface area contributed by atoms with E-state index >= 15 is 0 Å². The normalized spacial score (nSPS) is 25.9. The van der Waals surface area contributed by atoms with Gasteiger partial charge in [-0.05, 0) is 48.2 Å². The molecule has 2 N–H and O–H groups in total. The minimum absolute atomic E-state index is 0.0664. The van der Waals surface area contributed by atoms with Gasteiger partial charge >= 0.3 is 0 Å². The molecule has 0 aromatic heterocycles. The van der Waals surface area contributed by atoms with Gasteiger partial charge in [-0.15, -0.1) is 0 Å². The van der Waals surface area contributed by atoms with Crippen molar-refractivity contribution in [2.24, 2.45) is 5.92 Å². The third kappa shape index (κ3) is 4.63. The van der Waals surface area contributed by atoms with Crippen LogP contribution in [0.2, 0.25) is 0 Å². The molecule has 5 rings (SSSR count). The van der Waals surface area contributed by atoms with Crippen LogP contribution in [0.3, 0.4) is 0 Å². The van der Waals surface area contributed by atoms with Crippen LogP contribution in [0.25, 0.3) is 11.1 Å². The van der Waals surface area contributed by atoms with Crippen molar-refractivity contribution < 1.29 is 18.4 Å². The van der Waals surface area contributed by atoms with Crippen LogP contribution in [-0.2, 0) is 4.79 Å². The molecule has 0 radical (unpaired) electrons. The highest BCUT2D eigenvalue weighted by atomic mass is 19.1. The van der Waals surface area contributed by atoms with E-state index in [0.29, 0.717) is 42.9 Å². The first-order valence-electron chi connectivity index (χ1n) is 11.6. The molecule has 1 saturated carbocycles. The number of hydrogen-bond acceptors (Lipinski definition) is 4. The number of carbonyl (C=O) groups is 2. The van der Waals surface area contributed by atoms with Crippen molar-refractivity contribution in [3.63, 3.8) is 0 Å². The average Bonchev–Trinajstić information content (AvgIpc) is 2.83. The maximum Gasteiger partial charge on any atom is 0.253 e. The molecule has 2 aliphatic heterocycles. The van der Waals surface area contributed by atoms with Crippen LogP contribution in [-0.4, -0.2) is 60.1 Å². The zero-order valence-corrected chi connectivity index (χ0v) is 18.4. The van der Waals surface area contributed by atoms with Gasteiger partial charge in [-0.25, -0.2) is 8.78 Å². The van der Waals surface area contributed by atoms with E-state index in [-0.39, 0.29) is 30.1 Å². The van der Waals surface area contributed by atoms with Crippen LogP contribution in [0.1, 0.15) is 36.0 Å². The van der Waals surface area contributed by atoms with E-state index in [1.807, 2.05) is 0 Å². The second-order valence-corrected chi connectivity index (χ2v) is 9.14. The maximum atomic E-state index is 13.6. The summed E-state index contributed by atoms with van der Waals surface area (Å²) in [6.45, 7) is 2.38. The van der Waals surface area contributed by atoms with E-state index in [2.05, 4.69) is 15.5 Å². The monoisotopic (exact) mass is 454 g/mol. The van der Waals surface area contributed by atoms with Crippen LogP contribution in [0.15, 0.2) is 42.5 Å². The number of carbonyl (C=O) groups excluding carboxylic acids is 2. The lowest BCUT2D eigenvalue weighted by Crippen LogP contribution is -2.69. The SMILES string of the molecule is O=C1NC(N2CCN(C(=O)c3cccc(-c4cc(F)cc(F)c4)c3)CC2)NC2CCCCC12. The Hall–Kier alpha value is -2.84. The minimum atomic E-state index is -0.652. The number of nitrogens with zero attached hydrogens (tertiary/aromatic N) is 2. The molecule has 2 amide bonds. The number of rotatable bonds is 3. The lowest BCUT2D eigenvalue weighted by molar-refractivity contribution is -0.134. The van der Waals surface area contributed by atoms with Crippen LogP contribution >= 0.6 is 0 Å². The Bertz CT molecular complexity index is 1030. The summed E-state index contributed by atoms with van der Waals surface area (Å²) in [5.41, 5.74) is 1.47. The molecule has 3 aliphatic rings. The number of benzene rings is 2. The second-order valence-electron chi connectivity index (χ2n) is 9.14. The van der Waals surface area contributed by atoms with Crippen LogP contribution < -0.4 is 10.6 Å². The zero-order valence-electron chi connectivity index (χ0n) is 18.4. The Morgan fingerprint density at radius 3 is 2.39 bits per heavy atom. The molecular formula is C25H28F2N4O2. The van der Waals surface area contributed by atoms with Gasteiger partial charge in [0.2, 0.25) is 5.91 Å². The van der Waals surface area contributed by atoms with Crippen molar-refractivity contribution in [2.45, 2.75) is 38.0 Å². The maximum absolute atomic E-state index is 13.6. The molecule has 1 aliphatic carbocycles. The average molecular weight is 455 g/mol. The molecular weight excluding hydrogens is 426 g/mol. The van der Waals surface area contributed by atoms with E-state index in [1.54, 1.807) is 29.2 Å². The Balaban J connectivity index is 1.23. The lowest BCUT2D eigenvalue weighted by Gasteiger charge is -2.46. The Labute approximate surface area is 191 Å². The van der Waals surface area contributed by atoms with Crippen LogP contribution in [0.4, 0.5) is 8.78 Å². The second kappa shape index (κ2) is 9.19. The van der Waals surface area contributed by atoms with E-state index in [0.717, 1.165) is 31.7 Å². The molecule has 3 atom stereocenters. The van der Waals surface area contributed by atoms with Gasteiger partial charge in [-0.1, -0.05) is 25.0 Å². The van der Waals surface area contributed by atoms with Crippen LogP contribution in [0.5, 0.6) is 0 Å². The first-order chi connectivity index (χ1) is 16.0. The number of nitrogens with one attached hydrogen (secondary N) is 2. The first kappa shape index (κ1) is 22.0. The van der Waals surface area contributed by atoms with Gasteiger partial charge in [0.1, 0.15) is 17.9 Å². The van der Waals surface area contributed by atoms with E-state index in [1.165, 1.54) is 12.1 Å². The molecule has 0 bridgehead atoms. The van der Waals surface area contributed by atoms with Crippen LogP contribution in [0, 0.1) is 17.6 Å². The predicted molar refractivity (Wildman–Crippen MR) is 120 cm³/mol. The Morgan fingerprint density at radius 1 is 0.909 bits per heavy atom. The van der Waals surface area contributed by atoms with Gasteiger partial charge in [-0.2, -0.15) is 0 Å². The van der Waals surface area contributed by atoms with Crippen molar-refractivity contribution in [1.82, 2.24) is 20.4 Å². The fraction of sp³-hybridized carbons (Fsp3) is 0.440. The summed E-state index contributed by atoms with van der Waals surface area (Å²) in [4.78, 5) is 29.6. The van der Waals surface area contributed by atoms with Gasteiger partial charge in [0.05, 0.1) is 5.92 Å². The highest BCUT2D eigenvalue weighted by Gasteiger charge is 2.40. The summed E-state index contributed by atoms with van der Waals surface area (Å²) in [6.07, 6.45) is 4.04. The third-order valence-corrected chi connectivity index (χ3v) is 7.03. The topological polar surface area (TPSA) is 64.7 Å². The Morgan fingerprint density at radius 2 is 1.64 bits per heavy atom. The quantitative estimate of drug-likeness (QED) is 0.749. The first-order valence-corrected chi connectivity index (χ1v) is 11.6. The number of fused-ring (bicyclic) bond motifs is 1. The largest absolute Gasteiger partial charge is 0.336 e. The molecule has 2 aromatic carbocycles. The predicted octanol–water partition coefficient (Wildman–Crippen LogP) is 2.95. The summed E-state index contributed by atoms with van der Waals surface area (Å²) < 4.78 is 27.2. The highest BCUT2D eigenvalue weighted by Crippen LogP contribution is 2.28. The summed E-state index contributed by atoms with van der Waals surface area (Å²) in [5, 5.41) is 6.70. The molecule has 2 heterocycles. The summed E-state index contributed by atoms with van der Waals surface area (Å²) in [7, 11) is 0. The molecule has 2 saturated heterocycles. The van der Waals surface area contributed by atoms with Crippen molar-refractivity contribution >= 4 is 11.8 Å². The van der Waals surface area contributed by atoms with Crippen molar-refractivity contribution in [1.29, 1.82) is 0 Å². The number of amides is 2. The fourth-order valence-corrected chi connectivity index (χ4v) is 5.25. The molecule has 174 valence electrons. The lowest BCUT2D eigenvalue weighted by atomic mass is 9.82. The Kier molecular flexibility index (Phi) is 6.12. The molecule has 6 nitrogen and oxygen atoms in total. The van der Waals surface area contributed by atoms with Gasteiger partial charge in [0.25, 0.3) is 5.91 Å². The third-order valence-electron chi connectivity index (χ3n) is 7.03. The molecule has 2 aromatic rings. The van der Waals surface area contributed by atoms with E-state index in [4.69, 9.17) is 0 Å².